The standard InChI is InChI=1S/C23H14ClF4N5O/c1-2-3-14-8-15-18(5-4-13(10-30)20(15)23(26,27)28)33(14)11-19-31-22(34-32-19)16-6-12(9-29)7-17(24)21(16)25/h4-8H,2-3,11H2,1H3. The first-order chi connectivity index (χ1) is 16.2. The monoisotopic (exact) mass is 487 g/mol. The van der Waals surface area contributed by atoms with Gasteiger partial charge in [-0.15, -0.1) is 0 Å². The minimum absolute atomic E-state index is 0.0567. The van der Waals surface area contributed by atoms with E-state index in [1.165, 1.54) is 18.2 Å². The van der Waals surface area contributed by atoms with E-state index in [1.54, 1.807) is 10.6 Å². The third-order valence-electron chi connectivity index (χ3n) is 5.24. The van der Waals surface area contributed by atoms with Crippen LogP contribution in [-0.4, -0.2) is 14.7 Å². The van der Waals surface area contributed by atoms with Gasteiger partial charge in [-0.05, 0) is 36.8 Å². The number of fused-ring (bicyclic) bond motifs is 1. The van der Waals surface area contributed by atoms with E-state index in [9.17, 15) is 22.8 Å². The molecule has 6 nitrogen and oxygen atoms in total. The van der Waals surface area contributed by atoms with Crippen LogP contribution in [0.2, 0.25) is 5.02 Å². The van der Waals surface area contributed by atoms with Crippen molar-refractivity contribution in [2.45, 2.75) is 32.5 Å². The van der Waals surface area contributed by atoms with Crippen molar-refractivity contribution in [3.05, 3.63) is 69.4 Å². The van der Waals surface area contributed by atoms with Gasteiger partial charge in [-0.1, -0.05) is 30.1 Å². The summed E-state index contributed by atoms with van der Waals surface area (Å²) in [5.41, 5.74) is -0.691. The van der Waals surface area contributed by atoms with Crippen LogP contribution in [-0.2, 0) is 19.1 Å². The number of alkyl halides is 3. The van der Waals surface area contributed by atoms with E-state index in [-0.39, 0.29) is 45.3 Å². The molecule has 0 N–H and O–H groups in total. The summed E-state index contributed by atoms with van der Waals surface area (Å²) in [5.74, 6) is -0.976. The SMILES string of the molecule is CCCc1cc2c(C(F)(F)F)c(C#N)ccc2n1Cc1noc(-c2cc(C#N)cc(Cl)c2F)n1. The molecule has 2 aromatic heterocycles. The zero-order valence-corrected chi connectivity index (χ0v) is 18.3. The molecule has 0 unspecified atom stereocenters. The summed E-state index contributed by atoms with van der Waals surface area (Å²) in [7, 11) is 0. The van der Waals surface area contributed by atoms with Crippen LogP contribution >= 0.6 is 11.6 Å². The predicted octanol–water partition coefficient (Wildman–Crippen LogP) is 6.25. The molecule has 2 aromatic carbocycles. The quantitative estimate of drug-likeness (QED) is 0.310. The van der Waals surface area contributed by atoms with Crippen molar-refractivity contribution in [2.75, 3.05) is 0 Å². The molecule has 0 atom stereocenters. The fourth-order valence-corrected chi connectivity index (χ4v) is 4.04. The Morgan fingerprint density at radius 3 is 2.56 bits per heavy atom. The maximum atomic E-state index is 14.5. The summed E-state index contributed by atoms with van der Waals surface area (Å²) < 4.78 is 62.6. The summed E-state index contributed by atoms with van der Waals surface area (Å²) in [6.45, 7) is 1.83. The lowest BCUT2D eigenvalue weighted by molar-refractivity contribution is -0.136. The first-order valence-electron chi connectivity index (χ1n) is 10.0. The van der Waals surface area contributed by atoms with E-state index in [0.29, 0.717) is 18.5 Å². The van der Waals surface area contributed by atoms with Gasteiger partial charge >= 0.3 is 6.18 Å². The number of hydrogen-bond acceptors (Lipinski definition) is 5. The molecular weight excluding hydrogens is 474 g/mol. The second-order valence-corrected chi connectivity index (χ2v) is 7.86. The molecule has 0 aliphatic rings. The molecule has 0 aliphatic heterocycles. The highest BCUT2D eigenvalue weighted by Crippen LogP contribution is 2.39. The molecule has 172 valence electrons. The summed E-state index contributed by atoms with van der Waals surface area (Å²) in [4.78, 5) is 4.16. The number of aromatic nitrogens is 3. The van der Waals surface area contributed by atoms with Gasteiger partial charge in [0, 0.05) is 16.6 Å². The molecule has 4 rings (SSSR count). The van der Waals surface area contributed by atoms with Crippen LogP contribution in [0.3, 0.4) is 0 Å². The largest absolute Gasteiger partial charge is 0.418 e. The number of nitrogens with zero attached hydrogens (tertiary/aromatic N) is 5. The van der Waals surface area contributed by atoms with Gasteiger partial charge in [-0.2, -0.15) is 28.7 Å². The third kappa shape index (κ3) is 4.09. The Balaban J connectivity index is 1.82. The van der Waals surface area contributed by atoms with Crippen LogP contribution in [0.5, 0.6) is 0 Å². The lowest BCUT2D eigenvalue weighted by Crippen LogP contribution is -2.09. The average Bonchev–Trinajstić information content (AvgIpc) is 3.39. The Labute approximate surface area is 195 Å². The number of rotatable bonds is 5. The van der Waals surface area contributed by atoms with Crippen LogP contribution in [0, 0.1) is 28.5 Å². The summed E-state index contributed by atoms with van der Waals surface area (Å²) >= 11 is 5.83. The van der Waals surface area contributed by atoms with Crippen molar-refractivity contribution in [1.82, 2.24) is 14.7 Å². The van der Waals surface area contributed by atoms with E-state index in [0.717, 1.165) is 12.1 Å². The molecule has 0 fully saturated rings. The Kier molecular flexibility index (Phi) is 6.03. The second-order valence-electron chi connectivity index (χ2n) is 7.45. The van der Waals surface area contributed by atoms with Crippen molar-refractivity contribution in [2.24, 2.45) is 0 Å². The van der Waals surface area contributed by atoms with E-state index in [2.05, 4.69) is 10.1 Å². The van der Waals surface area contributed by atoms with Crippen molar-refractivity contribution in [3.63, 3.8) is 0 Å². The molecule has 0 amide bonds. The molecule has 0 spiro atoms. The molecule has 0 bridgehead atoms. The third-order valence-corrected chi connectivity index (χ3v) is 5.51. The van der Waals surface area contributed by atoms with E-state index < -0.39 is 23.1 Å². The van der Waals surface area contributed by atoms with Crippen molar-refractivity contribution >= 4 is 22.5 Å². The van der Waals surface area contributed by atoms with Gasteiger partial charge in [-0.25, -0.2) is 4.39 Å². The number of nitriles is 2. The van der Waals surface area contributed by atoms with Crippen molar-refractivity contribution in [1.29, 1.82) is 10.5 Å². The van der Waals surface area contributed by atoms with Crippen molar-refractivity contribution < 1.29 is 22.1 Å². The van der Waals surface area contributed by atoms with Crippen LogP contribution in [0.1, 0.15) is 41.6 Å². The topological polar surface area (TPSA) is 91.4 Å². The highest BCUT2D eigenvalue weighted by molar-refractivity contribution is 6.31. The molecule has 4 aromatic rings. The summed E-state index contributed by atoms with van der Waals surface area (Å²) in [6, 6.07) is 9.83. The van der Waals surface area contributed by atoms with Crippen LogP contribution < -0.4 is 0 Å². The van der Waals surface area contributed by atoms with Gasteiger partial charge in [0.05, 0.1) is 46.0 Å². The lowest BCUT2D eigenvalue weighted by Gasteiger charge is -2.11. The normalized spacial score (nSPS) is 11.5. The van der Waals surface area contributed by atoms with Gasteiger partial charge in [0.2, 0.25) is 0 Å². The Hall–Kier alpha value is -3.89. The molecule has 11 heteroatoms. The van der Waals surface area contributed by atoms with Gasteiger partial charge in [-0.3, -0.25) is 0 Å². The zero-order valence-electron chi connectivity index (χ0n) is 17.5. The minimum Gasteiger partial charge on any atom is -0.337 e. The fourth-order valence-electron chi connectivity index (χ4n) is 3.82. The van der Waals surface area contributed by atoms with Crippen LogP contribution in [0.15, 0.2) is 34.9 Å². The maximum Gasteiger partial charge on any atom is 0.418 e. The number of hydrogen-bond donors (Lipinski definition) is 0. The number of aryl methyl sites for hydroxylation is 1. The molecule has 2 heterocycles. The van der Waals surface area contributed by atoms with Gasteiger partial charge in [0.25, 0.3) is 5.89 Å². The van der Waals surface area contributed by atoms with E-state index in [4.69, 9.17) is 21.4 Å². The minimum atomic E-state index is -4.72. The Morgan fingerprint density at radius 2 is 1.91 bits per heavy atom. The van der Waals surface area contributed by atoms with Gasteiger partial charge in [0.1, 0.15) is 0 Å². The average molecular weight is 488 g/mol. The van der Waals surface area contributed by atoms with Crippen LogP contribution in [0.25, 0.3) is 22.4 Å². The van der Waals surface area contributed by atoms with E-state index >= 15 is 0 Å². The second kappa shape index (κ2) is 8.81. The Bertz CT molecular complexity index is 1490. The first kappa shape index (κ1) is 23.3. The van der Waals surface area contributed by atoms with Gasteiger partial charge in [0.15, 0.2) is 11.6 Å². The van der Waals surface area contributed by atoms with E-state index in [1.807, 2.05) is 13.0 Å². The summed E-state index contributed by atoms with van der Waals surface area (Å²) in [6.07, 6.45) is -3.60. The molecule has 0 saturated heterocycles. The van der Waals surface area contributed by atoms with Gasteiger partial charge < -0.3 is 9.09 Å². The van der Waals surface area contributed by atoms with Crippen molar-refractivity contribution in [3.8, 4) is 23.6 Å². The molecule has 0 saturated carbocycles. The molecular formula is C23H14ClF4N5O. The molecule has 34 heavy (non-hydrogen) atoms. The van der Waals surface area contributed by atoms with Crippen LogP contribution in [0.4, 0.5) is 17.6 Å². The lowest BCUT2D eigenvalue weighted by atomic mass is 10.0. The smallest absolute Gasteiger partial charge is 0.337 e. The molecule has 0 radical (unpaired) electrons. The first-order valence-corrected chi connectivity index (χ1v) is 10.4. The fraction of sp³-hybridized carbons (Fsp3) is 0.217. The Morgan fingerprint density at radius 1 is 1.15 bits per heavy atom. The highest BCUT2D eigenvalue weighted by atomic mass is 35.5. The zero-order chi connectivity index (χ0) is 24.6. The summed E-state index contributed by atoms with van der Waals surface area (Å²) in [5, 5.41) is 21.7. The maximum absolute atomic E-state index is 14.5. The predicted molar refractivity (Wildman–Crippen MR) is 114 cm³/mol. The molecule has 0 aliphatic carbocycles. The number of benzene rings is 2. The number of halogens is 5. The highest BCUT2D eigenvalue weighted by Gasteiger charge is 2.36.